The molecular weight excluding hydrogens is 334 g/mol. The van der Waals surface area contributed by atoms with Gasteiger partial charge in [-0.2, -0.15) is 0 Å². The summed E-state index contributed by atoms with van der Waals surface area (Å²) in [5.41, 5.74) is 1.54. The number of anilines is 1. The van der Waals surface area contributed by atoms with Crippen molar-refractivity contribution in [3.63, 3.8) is 0 Å². The number of aliphatic hydroxyl groups excluding tert-OH is 1. The van der Waals surface area contributed by atoms with E-state index in [1.54, 1.807) is 44.4 Å². The molecular formula is C16H16ClN3O4. The summed E-state index contributed by atoms with van der Waals surface area (Å²) >= 11 is 0. The minimum absolute atomic E-state index is 0. The van der Waals surface area contributed by atoms with E-state index in [0.29, 0.717) is 33.2 Å². The van der Waals surface area contributed by atoms with E-state index < -0.39 is 11.2 Å². The molecule has 0 aliphatic rings. The topological polar surface area (TPSA) is 97.5 Å². The van der Waals surface area contributed by atoms with Crippen molar-refractivity contribution in [3.05, 3.63) is 46.5 Å². The van der Waals surface area contributed by atoms with Crippen LogP contribution in [-0.2, 0) is 0 Å². The van der Waals surface area contributed by atoms with Gasteiger partial charge in [-0.3, -0.25) is 10.1 Å². The molecule has 0 aliphatic heterocycles. The van der Waals surface area contributed by atoms with Gasteiger partial charge in [0.2, 0.25) is 0 Å². The zero-order valence-electron chi connectivity index (χ0n) is 13.0. The van der Waals surface area contributed by atoms with E-state index >= 15 is 0 Å². The Morgan fingerprint density at radius 2 is 2.04 bits per heavy atom. The first-order chi connectivity index (χ1) is 11.0. The van der Waals surface area contributed by atoms with Crippen LogP contribution in [0.2, 0.25) is 0 Å². The summed E-state index contributed by atoms with van der Waals surface area (Å²) in [6.07, 6.45) is -0.880. The lowest BCUT2D eigenvalue weighted by molar-refractivity contribution is -0.383. The predicted octanol–water partition coefficient (Wildman–Crippen LogP) is 3.48. The molecule has 0 fully saturated rings. The molecule has 0 aliphatic carbocycles. The van der Waals surface area contributed by atoms with Gasteiger partial charge >= 0.3 is 0 Å². The molecule has 8 heteroatoms. The molecule has 1 atom stereocenters. The number of rotatable bonds is 4. The largest absolute Gasteiger partial charge is 0.497 e. The first-order valence-electron chi connectivity index (χ1n) is 7.00. The number of nitrogens with one attached hydrogen (secondary N) is 1. The van der Waals surface area contributed by atoms with Gasteiger partial charge in [0, 0.05) is 11.5 Å². The molecule has 0 saturated carbocycles. The zero-order chi connectivity index (χ0) is 16.6. The average molecular weight is 350 g/mol. The quantitative estimate of drug-likeness (QED) is 0.324. The molecule has 7 nitrogen and oxygen atoms in total. The number of aromatic nitrogens is 1. The maximum atomic E-state index is 11.4. The molecule has 1 heterocycles. The number of hydrogen-bond donors (Lipinski definition) is 2. The third-order valence-corrected chi connectivity index (χ3v) is 3.53. The maximum Gasteiger partial charge on any atom is 0.280 e. The summed E-state index contributed by atoms with van der Waals surface area (Å²) in [4.78, 5) is 15.4. The highest BCUT2D eigenvalue weighted by molar-refractivity contribution is 6.11. The van der Waals surface area contributed by atoms with Gasteiger partial charge in [-0.05, 0) is 31.2 Å². The average Bonchev–Trinajstić information content (AvgIpc) is 2.53. The first kappa shape index (κ1) is 17.7. The normalized spacial score (nSPS) is 11.8. The van der Waals surface area contributed by atoms with Gasteiger partial charge < -0.3 is 15.2 Å². The number of ether oxygens (including phenoxy) is 1. The van der Waals surface area contributed by atoms with Crippen molar-refractivity contribution in [3.8, 4) is 5.75 Å². The second-order valence-corrected chi connectivity index (χ2v) is 5.12. The van der Waals surface area contributed by atoms with Crippen molar-refractivity contribution >= 4 is 45.6 Å². The summed E-state index contributed by atoms with van der Waals surface area (Å²) in [7, 11) is 1.54. The molecule has 0 amide bonds. The summed E-state index contributed by atoms with van der Waals surface area (Å²) in [6, 6.07) is 10.0. The molecule has 24 heavy (non-hydrogen) atoms. The molecule has 0 saturated heterocycles. The fraction of sp³-hybridized carbons (Fsp3) is 0.188. The molecule has 0 bridgehead atoms. The fourth-order valence-electron chi connectivity index (χ4n) is 2.59. The Labute approximate surface area is 143 Å². The number of non-ortho nitro benzene ring substituents is 1. The zero-order valence-corrected chi connectivity index (χ0v) is 13.8. The van der Waals surface area contributed by atoms with E-state index in [1.165, 1.54) is 6.07 Å². The van der Waals surface area contributed by atoms with Crippen molar-refractivity contribution in [1.82, 2.24) is 4.98 Å². The van der Waals surface area contributed by atoms with Crippen LogP contribution in [0, 0.1) is 10.1 Å². The highest BCUT2D eigenvalue weighted by atomic mass is 35.5. The number of benzene rings is 2. The Morgan fingerprint density at radius 1 is 1.29 bits per heavy atom. The maximum absolute atomic E-state index is 11.4. The summed E-state index contributed by atoms with van der Waals surface area (Å²) < 4.78 is 5.22. The van der Waals surface area contributed by atoms with Crippen molar-refractivity contribution < 1.29 is 14.8 Å². The van der Waals surface area contributed by atoms with E-state index in [9.17, 15) is 15.2 Å². The van der Waals surface area contributed by atoms with Crippen LogP contribution in [0.15, 0.2) is 36.4 Å². The number of aliphatic hydroxyl groups is 1. The fourth-order valence-corrected chi connectivity index (χ4v) is 2.59. The van der Waals surface area contributed by atoms with Crippen LogP contribution >= 0.6 is 12.4 Å². The number of nitro benzene ring substituents is 1. The van der Waals surface area contributed by atoms with E-state index in [0.717, 1.165) is 0 Å². The summed E-state index contributed by atoms with van der Waals surface area (Å²) in [6.45, 7) is 1.55. The van der Waals surface area contributed by atoms with E-state index in [4.69, 9.17) is 4.74 Å². The standard InChI is InChI=1S/C16H15N3O4.ClH/c1-9(20)17-16-11-8-10(23-2)6-7-12(11)18-13-4-3-5-14(15(13)16)19(21)22;/h3-9,20H,1-2H3,(H,17,18);1H. The van der Waals surface area contributed by atoms with Crippen LogP contribution in [0.1, 0.15) is 6.92 Å². The van der Waals surface area contributed by atoms with Gasteiger partial charge in [0.1, 0.15) is 17.4 Å². The van der Waals surface area contributed by atoms with Crippen LogP contribution in [0.25, 0.3) is 21.8 Å². The second kappa shape index (κ2) is 6.86. The number of hydrogen-bond acceptors (Lipinski definition) is 6. The second-order valence-electron chi connectivity index (χ2n) is 5.12. The Morgan fingerprint density at radius 3 is 2.67 bits per heavy atom. The highest BCUT2D eigenvalue weighted by Gasteiger charge is 2.20. The third kappa shape index (κ3) is 3.04. The summed E-state index contributed by atoms with van der Waals surface area (Å²) in [5, 5.41) is 25.0. The Hall–Kier alpha value is -2.64. The van der Waals surface area contributed by atoms with Crippen LogP contribution in [0.4, 0.5) is 11.4 Å². The Balaban J connectivity index is 0.00000208. The van der Waals surface area contributed by atoms with Gasteiger partial charge in [0.15, 0.2) is 0 Å². The predicted molar refractivity (Wildman–Crippen MR) is 95.0 cm³/mol. The smallest absolute Gasteiger partial charge is 0.280 e. The molecule has 1 unspecified atom stereocenters. The minimum Gasteiger partial charge on any atom is -0.497 e. The van der Waals surface area contributed by atoms with Gasteiger partial charge in [0.25, 0.3) is 5.69 Å². The van der Waals surface area contributed by atoms with E-state index in [-0.39, 0.29) is 18.1 Å². The molecule has 2 aromatic carbocycles. The lowest BCUT2D eigenvalue weighted by atomic mass is 10.1. The SMILES string of the molecule is COc1ccc2nc3cccc([N+](=O)[O-])c3c(NC(C)O)c2c1.Cl. The minimum atomic E-state index is -0.880. The van der Waals surface area contributed by atoms with Gasteiger partial charge in [-0.15, -0.1) is 12.4 Å². The molecule has 1 aromatic heterocycles. The number of nitrogens with zero attached hydrogens (tertiary/aromatic N) is 2. The summed E-state index contributed by atoms with van der Waals surface area (Å²) in [5.74, 6) is 0.603. The van der Waals surface area contributed by atoms with Crippen molar-refractivity contribution in [2.75, 3.05) is 12.4 Å². The van der Waals surface area contributed by atoms with Crippen LogP contribution in [0.3, 0.4) is 0 Å². The lowest BCUT2D eigenvalue weighted by Crippen LogP contribution is -2.14. The van der Waals surface area contributed by atoms with Crippen LogP contribution in [-0.4, -0.2) is 28.4 Å². The van der Waals surface area contributed by atoms with Crippen molar-refractivity contribution in [2.45, 2.75) is 13.2 Å². The van der Waals surface area contributed by atoms with Crippen LogP contribution < -0.4 is 10.1 Å². The van der Waals surface area contributed by atoms with E-state index in [2.05, 4.69) is 10.3 Å². The van der Waals surface area contributed by atoms with Crippen molar-refractivity contribution in [1.29, 1.82) is 0 Å². The van der Waals surface area contributed by atoms with Crippen molar-refractivity contribution in [2.24, 2.45) is 0 Å². The molecule has 3 aromatic rings. The van der Waals surface area contributed by atoms with E-state index in [1.807, 2.05) is 0 Å². The van der Waals surface area contributed by atoms with Crippen LogP contribution in [0.5, 0.6) is 5.75 Å². The van der Waals surface area contributed by atoms with Gasteiger partial charge in [-0.25, -0.2) is 4.98 Å². The molecule has 126 valence electrons. The Bertz CT molecular complexity index is 915. The molecule has 3 rings (SSSR count). The number of pyridine rings is 1. The number of halogens is 1. The first-order valence-corrected chi connectivity index (χ1v) is 7.00. The number of methoxy groups -OCH3 is 1. The number of fused-ring (bicyclic) bond motifs is 2. The molecule has 0 spiro atoms. The number of nitro groups is 1. The third-order valence-electron chi connectivity index (χ3n) is 3.53. The lowest BCUT2D eigenvalue weighted by Gasteiger charge is -2.15. The highest BCUT2D eigenvalue weighted by Crippen LogP contribution is 2.38. The molecule has 0 radical (unpaired) electrons. The molecule has 2 N–H and O–H groups in total. The monoisotopic (exact) mass is 349 g/mol. The van der Waals surface area contributed by atoms with Gasteiger partial charge in [-0.1, -0.05) is 6.07 Å². The Kier molecular flexibility index (Phi) is 5.06. The van der Waals surface area contributed by atoms with Gasteiger partial charge in [0.05, 0.1) is 28.8 Å².